The predicted octanol–water partition coefficient (Wildman–Crippen LogP) is 3.59. The highest BCUT2D eigenvalue weighted by molar-refractivity contribution is 5.90. The van der Waals surface area contributed by atoms with E-state index in [0.29, 0.717) is 36.9 Å². The first-order valence-electron chi connectivity index (χ1n) is 10.7. The molecule has 7 heteroatoms. The van der Waals surface area contributed by atoms with Gasteiger partial charge in [-0.3, -0.25) is 9.69 Å². The van der Waals surface area contributed by atoms with Gasteiger partial charge < -0.3 is 15.7 Å². The van der Waals surface area contributed by atoms with Crippen molar-refractivity contribution in [3.8, 4) is 0 Å². The number of rotatable bonds is 6. The Morgan fingerprint density at radius 1 is 1.07 bits per heavy atom. The molecule has 0 radical (unpaired) electrons. The molecule has 2 atom stereocenters. The van der Waals surface area contributed by atoms with E-state index in [1.807, 2.05) is 12.1 Å². The van der Waals surface area contributed by atoms with Crippen molar-refractivity contribution in [2.45, 2.75) is 63.6 Å². The van der Waals surface area contributed by atoms with Gasteiger partial charge in [0.1, 0.15) is 0 Å². The Morgan fingerprint density at radius 3 is 2.41 bits per heavy atom. The van der Waals surface area contributed by atoms with Crippen LogP contribution in [0.5, 0.6) is 0 Å². The zero-order valence-electron chi connectivity index (χ0n) is 17.0. The Balaban J connectivity index is 0.00000150. The third kappa shape index (κ3) is 6.83. The second-order valence-electron chi connectivity index (χ2n) is 8.83. The van der Waals surface area contributed by atoms with E-state index in [1.165, 1.54) is 18.4 Å². The number of benzene rings is 1. The van der Waals surface area contributed by atoms with Crippen LogP contribution in [0.15, 0.2) is 24.3 Å². The zero-order valence-corrected chi connectivity index (χ0v) is 18.6. The summed E-state index contributed by atoms with van der Waals surface area (Å²) < 4.78 is 0. The van der Waals surface area contributed by atoms with E-state index in [2.05, 4.69) is 27.7 Å². The lowest BCUT2D eigenvalue weighted by atomic mass is 9.89. The van der Waals surface area contributed by atoms with Crippen LogP contribution in [0, 0.1) is 11.8 Å². The Morgan fingerprint density at radius 2 is 1.76 bits per heavy atom. The van der Waals surface area contributed by atoms with Gasteiger partial charge in [0.15, 0.2) is 0 Å². The topological polar surface area (TPSA) is 64.6 Å². The van der Waals surface area contributed by atoms with E-state index >= 15 is 0 Å². The molecule has 3 heterocycles. The number of anilines is 1. The summed E-state index contributed by atoms with van der Waals surface area (Å²) >= 11 is 0. The van der Waals surface area contributed by atoms with Crippen LogP contribution < -0.4 is 10.6 Å². The molecule has 2 unspecified atom stereocenters. The molecule has 1 amide bonds. The minimum absolute atomic E-state index is 0. The number of amides is 1. The number of halogens is 2. The summed E-state index contributed by atoms with van der Waals surface area (Å²) in [7, 11) is 0. The molecule has 0 aromatic heterocycles. The van der Waals surface area contributed by atoms with E-state index in [-0.39, 0.29) is 30.7 Å². The molecule has 164 valence electrons. The van der Waals surface area contributed by atoms with Crippen molar-refractivity contribution in [1.29, 1.82) is 0 Å². The number of aliphatic hydroxyl groups is 1. The van der Waals surface area contributed by atoms with Crippen molar-refractivity contribution >= 4 is 36.4 Å². The van der Waals surface area contributed by atoms with Gasteiger partial charge >= 0.3 is 0 Å². The predicted molar refractivity (Wildman–Crippen MR) is 122 cm³/mol. The highest BCUT2D eigenvalue weighted by atomic mass is 35.5. The van der Waals surface area contributed by atoms with Crippen LogP contribution in [0.3, 0.4) is 0 Å². The number of aliphatic hydroxyl groups excluding tert-OH is 1. The molecule has 3 saturated heterocycles. The summed E-state index contributed by atoms with van der Waals surface area (Å²) in [6.07, 6.45) is 7.65. The number of hydrogen-bond donors (Lipinski definition) is 3. The van der Waals surface area contributed by atoms with Gasteiger partial charge in [-0.1, -0.05) is 12.1 Å². The maximum absolute atomic E-state index is 12.5. The van der Waals surface area contributed by atoms with Crippen molar-refractivity contribution in [3.63, 3.8) is 0 Å². The van der Waals surface area contributed by atoms with Crippen molar-refractivity contribution in [2.75, 3.05) is 25.0 Å². The molecule has 3 aliphatic heterocycles. The minimum Gasteiger partial charge on any atom is -0.396 e. The molecule has 1 aromatic rings. The molecule has 3 aliphatic rings. The van der Waals surface area contributed by atoms with Crippen molar-refractivity contribution in [3.05, 3.63) is 29.8 Å². The van der Waals surface area contributed by atoms with Gasteiger partial charge in [-0.15, -0.1) is 24.8 Å². The Labute approximate surface area is 186 Å². The lowest BCUT2D eigenvalue weighted by Gasteiger charge is -2.31. The molecule has 1 aromatic carbocycles. The maximum atomic E-state index is 12.5. The summed E-state index contributed by atoms with van der Waals surface area (Å²) in [6.45, 7) is 3.31. The average Bonchev–Trinajstić information content (AvgIpc) is 3.01. The van der Waals surface area contributed by atoms with Gasteiger partial charge in [-0.05, 0) is 81.1 Å². The molecule has 2 bridgehead atoms. The summed E-state index contributed by atoms with van der Waals surface area (Å²) in [4.78, 5) is 15.0. The monoisotopic (exact) mass is 443 g/mol. The number of carbonyl (C=O) groups is 1. The van der Waals surface area contributed by atoms with Gasteiger partial charge in [0.05, 0.1) is 0 Å². The number of carbonyl (C=O) groups excluding carboxylic acids is 1. The number of nitrogens with zero attached hydrogens (tertiary/aromatic N) is 1. The molecule has 4 rings (SSSR count). The number of likely N-dealkylation sites (tertiary alicyclic amines) is 1. The van der Waals surface area contributed by atoms with Gasteiger partial charge in [-0.25, -0.2) is 0 Å². The van der Waals surface area contributed by atoms with Crippen molar-refractivity contribution < 1.29 is 9.90 Å². The molecule has 3 fully saturated rings. The van der Waals surface area contributed by atoms with Crippen LogP contribution in [0.1, 0.15) is 50.5 Å². The molecule has 3 N–H and O–H groups in total. The Bertz CT molecular complexity index is 641. The lowest BCUT2D eigenvalue weighted by Crippen LogP contribution is -2.39. The van der Waals surface area contributed by atoms with Crippen LogP contribution in [0.25, 0.3) is 0 Å². The Kier molecular flexibility index (Phi) is 9.70. The SMILES string of the molecule is Cl.Cl.O=C(CC1CC2CCC(C1)N2)Nc1cccc(CN2CCC(CO)CC2)c1. The fourth-order valence-electron chi connectivity index (χ4n) is 5.15. The summed E-state index contributed by atoms with van der Waals surface area (Å²) in [5, 5.41) is 16.0. The molecule has 5 nitrogen and oxygen atoms in total. The smallest absolute Gasteiger partial charge is 0.224 e. The fourth-order valence-corrected chi connectivity index (χ4v) is 5.15. The number of hydrogen-bond acceptors (Lipinski definition) is 4. The molecular weight excluding hydrogens is 409 g/mol. The van der Waals surface area contributed by atoms with E-state index in [9.17, 15) is 9.90 Å². The third-order valence-electron chi connectivity index (χ3n) is 6.63. The fraction of sp³-hybridized carbons (Fsp3) is 0.682. The quantitative estimate of drug-likeness (QED) is 0.628. The summed E-state index contributed by atoms with van der Waals surface area (Å²) in [5.74, 6) is 1.15. The van der Waals surface area contributed by atoms with Crippen molar-refractivity contribution in [2.24, 2.45) is 11.8 Å². The van der Waals surface area contributed by atoms with Gasteiger partial charge in [0.2, 0.25) is 5.91 Å². The molecule has 0 spiro atoms. The summed E-state index contributed by atoms with van der Waals surface area (Å²) in [5.41, 5.74) is 2.16. The van der Waals surface area contributed by atoms with Gasteiger partial charge in [-0.2, -0.15) is 0 Å². The molecular formula is C22H35Cl2N3O2. The van der Waals surface area contributed by atoms with E-state index < -0.39 is 0 Å². The van der Waals surface area contributed by atoms with E-state index in [1.54, 1.807) is 0 Å². The largest absolute Gasteiger partial charge is 0.396 e. The maximum Gasteiger partial charge on any atom is 0.224 e. The number of nitrogens with one attached hydrogen (secondary N) is 2. The zero-order chi connectivity index (χ0) is 18.6. The number of fused-ring (bicyclic) bond motifs is 2. The second-order valence-corrected chi connectivity index (χ2v) is 8.83. The standard InChI is InChI=1S/C22H33N3O2.2ClH/c26-15-16-6-8-25(9-7-16)14-17-2-1-3-19(10-17)24-22(27)13-18-11-20-4-5-21(12-18)23-20;;/h1-3,10,16,18,20-21,23,26H,4-9,11-15H2,(H,24,27);2*1H. The van der Waals surface area contributed by atoms with Crippen molar-refractivity contribution in [1.82, 2.24) is 10.2 Å². The van der Waals surface area contributed by atoms with E-state index in [4.69, 9.17) is 0 Å². The lowest BCUT2D eigenvalue weighted by molar-refractivity contribution is -0.117. The molecule has 0 saturated carbocycles. The first-order valence-corrected chi connectivity index (χ1v) is 10.7. The highest BCUT2D eigenvalue weighted by Gasteiger charge is 2.34. The summed E-state index contributed by atoms with van der Waals surface area (Å²) in [6, 6.07) is 9.56. The van der Waals surface area contributed by atoms with Crippen LogP contribution in [0.4, 0.5) is 5.69 Å². The third-order valence-corrected chi connectivity index (χ3v) is 6.63. The molecule has 0 aliphatic carbocycles. The van der Waals surface area contributed by atoms with E-state index in [0.717, 1.165) is 51.0 Å². The normalized spacial score (nSPS) is 27.0. The van der Waals surface area contributed by atoms with Gasteiger partial charge in [0.25, 0.3) is 0 Å². The molecule has 29 heavy (non-hydrogen) atoms. The first-order chi connectivity index (χ1) is 13.2. The second kappa shape index (κ2) is 11.5. The Hall–Kier alpha value is -0.850. The van der Waals surface area contributed by atoms with Crippen LogP contribution in [-0.4, -0.2) is 47.7 Å². The van der Waals surface area contributed by atoms with Crippen LogP contribution in [-0.2, 0) is 11.3 Å². The highest BCUT2D eigenvalue weighted by Crippen LogP contribution is 2.32. The minimum atomic E-state index is 0. The van der Waals surface area contributed by atoms with Crippen LogP contribution in [0.2, 0.25) is 0 Å². The number of piperidine rings is 2. The van der Waals surface area contributed by atoms with Crippen LogP contribution >= 0.6 is 24.8 Å². The van der Waals surface area contributed by atoms with Gasteiger partial charge in [0, 0.05) is 37.3 Å². The first kappa shape index (κ1) is 24.4. The average molecular weight is 444 g/mol.